The second kappa shape index (κ2) is 7.55. The van der Waals surface area contributed by atoms with E-state index in [4.69, 9.17) is 9.47 Å². The Morgan fingerprint density at radius 3 is 2.44 bits per heavy atom. The van der Waals surface area contributed by atoms with Crippen molar-refractivity contribution in [2.75, 3.05) is 46.3 Å². The molecule has 1 rings (SSSR count). The number of methoxy groups -OCH3 is 1. The van der Waals surface area contributed by atoms with Crippen molar-refractivity contribution in [2.24, 2.45) is 0 Å². The second-order valence-corrected chi connectivity index (χ2v) is 4.01. The number of rotatable bonds is 7. The van der Waals surface area contributed by atoms with Crippen molar-refractivity contribution in [3.63, 3.8) is 0 Å². The van der Waals surface area contributed by atoms with E-state index in [0.29, 0.717) is 13.2 Å². The summed E-state index contributed by atoms with van der Waals surface area (Å²) in [7, 11) is 5.10. The Labute approximate surface area is 108 Å². The lowest BCUT2D eigenvalue weighted by molar-refractivity contribution is -0.126. The van der Waals surface area contributed by atoms with Gasteiger partial charge in [0.25, 0.3) is 0 Å². The Morgan fingerprint density at radius 1 is 1.22 bits per heavy atom. The van der Waals surface area contributed by atoms with Crippen molar-refractivity contribution < 1.29 is 14.3 Å². The fraction of sp³-hybridized carbons (Fsp3) is 0.462. The fourth-order valence-electron chi connectivity index (χ4n) is 1.25. The highest BCUT2D eigenvalue weighted by molar-refractivity contribution is 5.80. The van der Waals surface area contributed by atoms with Crippen molar-refractivity contribution >= 4 is 11.6 Å². The number of amides is 1. The van der Waals surface area contributed by atoms with Crippen LogP contribution in [0.4, 0.5) is 5.69 Å². The third kappa shape index (κ3) is 5.05. The van der Waals surface area contributed by atoms with E-state index in [2.05, 4.69) is 5.32 Å². The van der Waals surface area contributed by atoms with Crippen LogP contribution in [0.3, 0.4) is 0 Å². The predicted molar refractivity (Wildman–Crippen MR) is 71.0 cm³/mol. The third-order valence-electron chi connectivity index (χ3n) is 2.35. The Kier molecular flexibility index (Phi) is 6.00. The summed E-state index contributed by atoms with van der Waals surface area (Å²) in [6, 6.07) is 7.48. The van der Waals surface area contributed by atoms with E-state index in [1.807, 2.05) is 24.3 Å². The maximum absolute atomic E-state index is 11.4. The number of anilines is 1. The number of hydrogen-bond donors (Lipinski definition) is 1. The zero-order valence-corrected chi connectivity index (χ0v) is 11.1. The Hall–Kier alpha value is -1.75. The Balaban J connectivity index is 2.38. The van der Waals surface area contributed by atoms with Crippen LogP contribution in [-0.2, 0) is 9.53 Å². The number of nitrogens with one attached hydrogen (secondary N) is 1. The van der Waals surface area contributed by atoms with Crippen LogP contribution in [0.15, 0.2) is 24.3 Å². The van der Waals surface area contributed by atoms with Gasteiger partial charge in [-0.3, -0.25) is 4.79 Å². The van der Waals surface area contributed by atoms with Gasteiger partial charge in [0, 0.05) is 26.9 Å². The molecule has 0 heterocycles. The average Bonchev–Trinajstić information content (AvgIpc) is 2.37. The second-order valence-electron chi connectivity index (χ2n) is 4.01. The molecule has 1 amide bonds. The zero-order chi connectivity index (χ0) is 13.4. The number of carbonyl (C=O) groups excluding carboxylic acids is 1. The predicted octanol–water partition coefficient (Wildman–Crippen LogP) is 1.21. The normalized spacial score (nSPS) is 9.94. The van der Waals surface area contributed by atoms with Gasteiger partial charge in [-0.1, -0.05) is 0 Å². The van der Waals surface area contributed by atoms with Gasteiger partial charge in [-0.15, -0.1) is 0 Å². The summed E-state index contributed by atoms with van der Waals surface area (Å²) in [4.78, 5) is 12.9. The number of likely N-dealkylation sites (N-methyl/N-ethyl adjacent to an activating group) is 1. The van der Waals surface area contributed by atoms with Gasteiger partial charge >= 0.3 is 0 Å². The van der Waals surface area contributed by atoms with Crippen molar-refractivity contribution in [3.05, 3.63) is 24.3 Å². The summed E-state index contributed by atoms with van der Waals surface area (Å²) < 4.78 is 10.3. The summed E-state index contributed by atoms with van der Waals surface area (Å²) >= 11 is 0. The first kappa shape index (κ1) is 14.3. The van der Waals surface area contributed by atoms with E-state index in [1.54, 1.807) is 26.1 Å². The molecule has 18 heavy (non-hydrogen) atoms. The lowest BCUT2D eigenvalue weighted by atomic mass is 10.3. The molecule has 0 aliphatic carbocycles. The molecule has 100 valence electrons. The molecule has 0 saturated carbocycles. The van der Waals surface area contributed by atoms with E-state index >= 15 is 0 Å². The largest absolute Gasteiger partial charge is 0.491 e. The molecule has 0 saturated heterocycles. The maximum Gasteiger partial charge on any atom is 0.241 e. The lowest BCUT2D eigenvalue weighted by Gasteiger charge is -2.12. The molecule has 1 N–H and O–H groups in total. The van der Waals surface area contributed by atoms with E-state index in [1.165, 1.54) is 0 Å². The summed E-state index contributed by atoms with van der Waals surface area (Å²) in [6.07, 6.45) is 0. The first-order valence-corrected chi connectivity index (χ1v) is 5.79. The third-order valence-corrected chi connectivity index (χ3v) is 2.35. The van der Waals surface area contributed by atoms with E-state index in [0.717, 1.165) is 11.4 Å². The van der Waals surface area contributed by atoms with Gasteiger partial charge < -0.3 is 19.7 Å². The standard InChI is InChI=1S/C13H20N2O3/c1-15(2)13(16)10-14-11-4-6-12(7-5-11)18-9-8-17-3/h4-7,14H,8-10H2,1-3H3. The van der Waals surface area contributed by atoms with Crippen molar-refractivity contribution in [3.8, 4) is 5.75 Å². The van der Waals surface area contributed by atoms with Crippen molar-refractivity contribution in [2.45, 2.75) is 0 Å². The monoisotopic (exact) mass is 252 g/mol. The smallest absolute Gasteiger partial charge is 0.241 e. The highest BCUT2D eigenvalue weighted by Crippen LogP contribution is 2.15. The zero-order valence-electron chi connectivity index (χ0n) is 11.1. The van der Waals surface area contributed by atoms with Crippen LogP contribution in [0.5, 0.6) is 5.75 Å². The number of benzene rings is 1. The summed E-state index contributed by atoms with van der Waals surface area (Å²) in [5.74, 6) is 0.826. The van der Waals surface area contributed by atoms with E-state index in [-0.39, 0.29) is 12.5 Å². The Bertz CT molecular complexity index is 363. The van der Waals surface area contributed by atoms with Crippen LogP contribution in [0.1, 0.15) is 0 Å². The molecular weight excluding hydrogens is 232 g/mol. The first-order chi connectivity index (χ1) is 8.63. The number of hydrogen-bond acceptors (Lipinski definition) is 4. The average molecular weight is 252 g/mol. The summed E-state index contributed by atoms with van der Waals surface area (Å²) in [5, 5.41) is 3.05. The highest BCUT2D eigenvalue weighted by Gasteiger charge is 2.03. The van der Waals surface area contributed by atoms with Gasteiger partial charge in [-0.2, -0.15) is 0 Å². The molecule has 0 fully saturated rings. The van der Waals surface area contributed by atoms with Gasteiger partial charge in [0.2, 0.25) is 5.91 Å². The SMILES string of the molecule is COCCOc1ccc(NCC(=O)N(C)C)cc1. The van der Waals surface area contributed by atoms with Crippen molar-refractivity contribution in [1.82, 2.24) is 4.90 Å². The molecule has 0 atom stereocenters. The molecule has 0 unspecified atom stereocenters. The van der Waals surface area contributed by atoms with Crippen LogP contribution in [-0.4, -0.2) is 51.8 Å². The van der Waals surface area contributed by atoms with Gasteiger partial charge in [0.05, 0.1) is 13.2 Å². The summed E-state index contributed by atoms with van der Waals surface area (Å²) in [5.41, 5.74) is 0.893. The molecule has 0 aliphatic rings. The van der Waals surface area contributed by atoms with Crippen molar-refractivity contribution in [1.29, 1.82) is 0 Å². The van der Waals surface area contributed by atoms with E-state index < -0.39 is 0 Å². The van der Waals surface area contributed by atoms with Gasteiger partial charge in [0.15, 0.2) is 0 Å². The van der Waals surface area contributed by atoms with Crippen LogP contribution >= 0.6 is 0 Å². The molecule has 5 heteroatoms. The summed E-state index contributed by atoms with van der Waals surface area (Å²) in [6.45, 7) is 1.39. The topological polar surface area (TPSA) is 50.8 Å². The molecule has 0 aromatic heterocycles. The number of carbonyl (C=O) groups is 1. The van der Waals surface area contributed by atoms with Gasteiger partial charge in [0.1, 0.15) is 12.4 Å². The minimum Gasteiger partial charge on any atom is -0.491 e. The van der Waals surface area contributed by atoms with Crippen LogP contribution in [0.25, 0.3) is 0 Å². The quantitative estimate of drug-likeness (QED) is 0.741. The molecular formula is C13H20N2O3. The first-order valence-electron chi connectivity index (χ1n) is 5.79. The van der Waals surface area contributed by atoms with Crippen LogP contribution < -0.4 is 10.1 Å². The minimum atomic E-state index is 0.0374. The minimum absolute atomic E-state index is 0.0374. The van der Waals surface area contributed by atoms with E-state index in [9.17, 15) is 4.79 Å². The Morgan fingerprint density at radius 2 is 1.89 bits per heavy atom. The highest BCUT2D eigenvalue weighted by atomic mass is 16.5. The van der Waals surface area contributed by atoms with Gasteiger partial charge in [-0.05, 0) is 24.3 Å². The molecule has 1 aromatic carbocycles. The molecule has 1 aromatic rings. The fourth-order valence-corrected chi connectivity index (χ4v) is 1.25. The molecule has 0 spiro atoms. The lowest BCUT2D eigenvalue weighted by Crippen LogP contribution is -2.28. The molecule has 0 bridgehead atoms. The maximum atomic E-state index is 11.4. The molecule has 0 aliphatic heterocycles. The van der Waals surface area contributed by atoms with Crippen LogP contribution in [0, 0.1) is 0 Å². The number of nitrogens with zero attached hydrogens (tertiary/aromatic N) is 1. The molecule has 5 nitrogen and oxygen atoms in total. The van der Waals surface area contributed by atoms with Gasteiger partial charge in [-0.25, -0.2) is 0 Å². The molecule has 0 radical (unpaired) electrons. The van der Waals surface area contributed by atoms with Crippen LogP contribution in [0.2, 0.25) is 0 Å². The number of ether oxygens (including phenoxy) is 2.